The largest absolute Gasteiger partial charge is 0.496 e. The summed E-state index contributed by atoms with van der Waals surface area (Å²) in [4.78, 5) is 15.8. The van der Waals surface area contributed by atoms with E-state index in [1.54, 1.807) is 19.2 Å². The number of halogens is 1. The number of hydrogen-bond acceptors (Lipinski definition) is 3. The minimum Gasteiger partial charge on any atom is -0.496 e. The number of carbonyl (C=O) groups excluding carboxylic acids is 1. The van der Waals surface area contributed by atoms with Gasteiger partial charge in [-0.2, -0.15) is 0 Å². The molecule has 0 spiro atoms. The quantitative estimate of drug-likeness (QED) is 0.874. The molecule has 0 aliphatic carbocycles. The molecule has 1 amide bonds. The number of nitrogens with zero attached hydrogens (tertiary/aromatic N) is 1. The maximum Gasteiger partial charge on any atom is 0.253 e. The second kappa shape index (κ2) is 6.20. The van der Waals surface area contributed by atoms with E-state index in [1.807, 2.05) is 24.3 Å². The van der Waals surface area contributed by atoms with Gasteiger partial charge < -0.3 is 10.1 Å². The molecule has 0 atom stereocenters. The standard InChI is InChI=1S/C14H13ClN2O2/c1-19-12-5-3-2-4-10(12)8-17-14(18)11-6-7-13(15)16-9-11/h2-7,9H,8H2,1H3,(H,17,18). The van der Waals surface area contributed by atoms with Crippen LogP contribution in [-0.2, 0) is 6.54 Å². The van der Waals surface area contributed by atoms with Crippen molar-refractivity contribution in [2.24, 2.45) is 0 Å². The molecule has 4 nitrogen and oxygen atoms in total. The second-order valence-corrected chi connectivity index (χ2v) is 4.25. The van der Waals surface area contributed by atoms with Gasteiger partial charge in [0.1, 0.15) is 10.9 Å². The summed E-state index contributed by atoms with van der Waals surface area (Å²) in [6, 6.07) is 10.7. The van der Waals surface area contributed by atoms with E-state index in [0.29, 0.717) is 17.3 Å². The van der Waals surface area contributed by atoms with E-state index in [0.717, 1.165) is 11.3 Å². The third-order valence-electron chi connectivity index (χ3n) is 2.62. The summed E-state index contributed by atoms with van der Waals surface area (Å²) in [5.41, 5.74) is 1.39. The van der Waals surface area contributed by atoms with Crippen molar-refractivity contribution in [1.29, 1.82) is 0 Å². The predicted molar refractivity (Wildman–Crippen MR) is 73.4 cm³/mol. The summed E-state index contributed by atoms with van der Waals surface area (Å²) in [6.45, 7) is 0.394. The van der Waals surface area contributed by atoms with Crippen LogP contribution in [0.15, 0.2) is 42.6 Å². The summed E-state index contributed by atoms with van der Waals surface area (Å²) < 4.78 is 5.22. The second-order valence-electron chi connectivity index (χ2n) is 3.86. The number of hydrogen-bond donors (Lipinski definition) is 1. The van der Waals surface area contributed by atoms with Crippen molar-refractivity contribution >= 4 is 17.5 Å². The molecule has 0 aliphatic rings. The van der Waals surface area contributed by atoms with E-state index in [2.05, 4.69) is 10.3 Å². The summed E-state index contributed by atoms with van der Waals surface area (Å²) in [7, 11) is 1.60. The number of methoxy groups -OCH3 is 1. The molecule has 1 heterocycles. The molecule has 1 N–H and O–H groups in total. The van der Waals surface area contributed by atoms with Crippen molar-refractivity contribution in [3.8, 4) is 5.75 Å². The fourth-order valence-corrected chi connectivity index (χ4v) is 1.75. The summed E-state index contributed by atoms with van der Waals surface area (Å²) in [5.74, 6) is 0.548. The third-order valence-corrected chi connectivity index (χ3v) is 2.85. The van der Waals surface area contributed by atoms with Gasteiger partial charge in [0, 0.05) is 18.3 Å². The lowest BCUT2D eigenvalue weighted by molar-refractivity contribution is 0.0950. The van der Waals surface area contributed by atoms with Crippen LogP contribution < -0.4 is 10.1 Å². The molecule has 0 saturated carbocycles. The molecule has 5 heteroatoms. The summed E-state index contributed by atoms with van der Waals surface area (Å²) in [6.07, 6.45) is 1.44. The van der Waals surface area contributed by atoms with Gasteiger partial charge in [-0.25, -0.2) is 4.98 Å². The first-order valence-electron chi connectivity index (χ1n) is 5.72. The molecule has 0 aliphatic heterocycles. The molecule has 0 bridgehead atoms. The molecule has 2 rings (SSSR count). The highest BCUT2D eigenvalue weighted by Crippen LogP contribution is 2.16. The average Bonchev–Trinajstić information content (AvgIpc) is 2.45. The first kappa shape index (κ1) is 13.4. The van der Waals surface area contributed by atoms with Crippen LogP contribution in [0.2, 0.25) is 5.15 Å². The molecular formula is C14H13ClN2O2. The maximum atomic E-state index is 11.9. The lowest BCUT2D eigenvalue weighted by Crippen LogP contribution is -2.23. The number of nitrogens with one attached hydrogen (secondary N) is 1. The van der Waals surface area contributed by atoms with E-state index in [9.17, 15) is 4.79 Å². The van der Waals surface area contributed by atoms with Crippen molar-refractivity contribution in [1.82, 2.24) is 10.3 Å². The minimum absolute atomic E-state index is 0.199. The summed E-state index contributed by atoms with van der Waals surface area (Å²) in [5, 5.41) is 3.17. The van der Waals surface area contributed by atoms with Gasteiger partial charge in [-0.3, -0.25) is 4.79 Å². The number of para-hydroxylation sites is 1. The fourth-order valence-electron chi connectivity index (χ4n) is 1.64. The van der Waals surface area contributed by atoms with Gasteiger partial charge in [0.25, 0.3) is 5.91 Å². The first-order valence-corrected chi connectivity index (χ1v) is 6.10. The van der Waals surface area contributed by atoms with Crippen LogP contribution in [0.4, 0.5) is 0 Å². The van der Waals surface area contributed by atoms with E-state index in [1.165, 1.54) is 6.20 Å². The number of carbonyl (C=O) groups is 1. The van der Waals surface area contributed by atoms with Crippen molar-refractivity contribution in [2.45, 2.75) is 6.54 Å². The summed E-state index contributed by atoms with van der Waals surface area (Å²) >= 11 is 5.67. The van der Waals surface area contributed by atoms with Crippen LogP contribution in [0.1, 0.15) is 15.9 Å². The molecule has 98 valence electrons. The Hall–Kier alpha value is -2.07. The number of pyridine rings is 1. The Labute approximate surface area is 116 Å². The molecule has 0 saturated heterocycles. The van der Waals surface area contributed by atoms with Crippen molar-refractivity contribution in [3.05, 3.63) is 58.9 Å². The predicted octanol–water partition coefficient (Wildman–Crippen LogP) is 2.67. The normalized spacial score (nSPS) is 10.0. The highest BCUT2D eigenvalue weighted by molar-refractivity contribution is 6.29. The Kier molecular flexibility index (Phi) is 4.36. The maximum absolute atomic E-state index is 11.9. The van der Waals surface area contributed by atoms with Gasteiger partial charge in [0.15, 0.2) is 0 Å². The van der Waals surface area contributed by atoms with Crippen molar-refractivity contribution in [3.63, 3.8) is 0 Å². The Morgan fingerprint density at radius 1 is 1.32 bits per heavy atom. The highest BCUT2D eigenvalue weighted by atomic mass is 35.5. The minimum atomic E-state index is -0.199. The Morgan fingerprint density at radius 2 is 2.11 bits per heavy atom. The van der Waals surface area contributed by atoms with Gasteiger partial charge >= 0.3 is 0 Å². The zero-order valence-corrected chi connectivity index (χ0v) is 11.1. The molecule has 0 unspecified atom stereocenters. The zero-order chi connectivity index (χ0) is 13.7. The SMILES string of the molecule is COc1ccccc1CNC(=O)c1ccc(Cl)nc1. The number of amides is 1. The average molecular weight is 277 g/mol. The molecule has 1 aromatic carbocycles. The first-order chi connectivity index (χ1) is 9.20. The number of aromatic nitrogens is 1. The van der Waals surface area contributed by atoms with Crippen molar-refractivity contribution < 1.29 is 9.53 Å². The highest BCUT2D eigenvalue weighted by Gasteiger charge is 2.07. The van der Waals surface area contributed by atoms with Gasteiger partial charge in [-0.1, -0.05) is 29.8 Å². The van der Waals surface area contributed by atoms with Crippen LogP contribution in [0.3, 0.4) is 0 Å². The zero-order valence-electron chi connectivity index (χ0n) is 10.4. The number of benzene rings is 1. The van der Waals surface area contributed by atoms with Gasteiger partial charge in [-0.05, 0) is 18.2 Å². The van der Waals surface area contributed by atoms with E-state index >= 15 is 0 Å². The van der Waals surface area contributed by atoms with Crippen LogP contribution in [0, 0.1) is 0 Å². The van der Waals surface area contributed by atoms with E-state index in [-0.39, 0.29) is 5.91 Å². The number of ether oxygens (including phenoxy) is 1. The van der Waals surface area contributed by atoms with Crippen LogP contribution in [0.25, 0.3) is 0 Å². The molecule has 0 radical (unpaired) electrons. The lowest BCUT2D eigenvalue weighted by atomic mass is 10.2. The smallest absolute Gasteiger partial charge is 0.253 e. The molecule has 2 aromatic rings. The molecule has 1 aromatic heterocycles. The van der Waals surface area contributed by atoms with Crippen molar-refractivity contribution in [2.75, 3.05) is 7.11 Å². The van der Waals surface area contributed by atoms with Crippen LogP contribution in [-0.4, -0.2) is 18.0 Å². The topological polar surface area (TPSA) is 51.2 Å². The Morgan fingerprint density at radius 3 is 2.79 bits per heavy atom. The molecule has 19 heavy (non-hydrogen) atoms. The van der Waals surface area contributed by atoms with Gasteiger partial charge in [0.05, 0.1) is 12.7 Å². The van der Waals surface area contributed by atoms with E-state index in [4.69, 9.17) is 16.3 Å². The Balaban J connectivity index is 2.02. The van der Waals surface area contributed by atoms with E-state index < -0.39 is 0 Å². The van der Waals surface area contributed by atoms with Gasteiger partial charge in [0.2, 0.25) is 0 Å². The monoisotopic (exact) mass is 276 g/mol. The Bertz CT molecular complexity index is 570. The van der Waals surface area contributed by atoms with Crippen LogP contribution >= 0.6 is 11.6 Å². The molecular weight excluding hydrogens is 264 g/mol. The third kappa shape index (κ3) is 3.45. The molecule has 0 fully saturated rings. The fraction of sp³-hybridized carbons (Fsp3) is 0.143. The number of rotatable bonds is 4. The van der Waals surface area contributed by atoms with Crippen LogP contribution in [0.5, 0.6) is 5.75 Å². The lowest BCUT2D eigenvalue weighted by Gasteiger charge is -2.09. The van der Waals surface area contributed by atoms with Gasteiger partial charge in [-0.15, -0.1) is 0 Å².